The molecule has 160 valence electrons. The summed E-state index contributed by atoms with van der Waals surface area (Å²) in [5.74, 6) is 0.806. The van der Waals surface area contributed by atoms with E-state index in [1.54, 1.807) is 28.8 Å². The van der Waals surface area contributed by atoms with E-state index in [-0.39, 0.29) is 16.2 Å². The largest absolute Gasteiger partial charge is 0.382 e. The summed E-state index contributed by atoms with van der Waals surface area (Å²) >= 11 is 1.35. The molecule has 0 radical (unpaired) electrons. The number of nitro benzene ring substituents is 1. The van der Waals surface area contributed by atoms with E-state index in [2.05, 4.69) is 10.2 Å². The Labute approximate surface area is 181 Å². The molecule has 10 heteroatoms. The highest BCUT2D eigenvalue weighted by atomic mass is 32.2. The summed E-state index contributed by atoms with van der Waals surface area (Å²) in [7, 11) is 0. The van der Waals surface area contributed by atoms with Gasteiger partial charge in [0.15, 0.2) is 5.16 Å². The Morgan fingerprint density at radius 3 is 2.71 bits per heavy atom. The summed E-state index contributed by atoms with van der Waals surface area (Å²) in [6, 6.07) is 14.0. The van der Waals surface area contributed by atoms with Crippen LogP contribution in [0.25, 0.3) is 16.7 Å². The van der Waals surface area contributed by atoms with Gasteiger partial charge in [-0.2, -0.15) is 0 Å². The van der Waals surface area contributed by atoms with Crippen LogP contribution >= 0.6 is 11.8 Å². The van der Waals surface area contributed by atoms with E-state index in [4.69, 9.17) is 4.74 Å². The molecule has 0 saturated carbocycles. The number of thioether (sulfide) groups is 1. The molecule has 0 atom stereocenters. The third-order valence-corrected chi connectivity index (χ3v) is 5.88. The van der Waals surface area contributed by atoms with Gasteiger partial charge in [0.1, 0.15) is 0 Å². The fourth-order valence-corrected chi connectivity index (χ4v) is 4.39. The van der Waals surface area contributed by atoms with Crippen LogP contribution in [0.5, 0.6) is 0 Å². The van der Waals surface area contributed by atoms with Crippen LogP contribution in [-0.4, -0.2) is 37.3 Å². The van der Waals surface area contributed by atoms with Gasteiger partial charge in [0.2, 0.25) is 5.78 Å². The van der Waals surface area contributed by atoms with Crippen LogP contribution in [0.4, 0.5) is 5.69 Å². The highest BCUT2D eigenvalue weighted by molar-refractivity contribution is 7.98. The SMILES string of the molecule is CCOCCCn1c(=O)c2ccccc2n2c(SCc3ccccc3[N+](=O)[O-])nnc12. The Bertz CT molecular complexity index is 1300. The van der Waals surface area contributed by atoms with Crippen LogP contribution in [0, 0.1) is 10.1 Å². The topological polar surface area (TPSA) is 105 Å². The number of rotatable bonds is 9. The molecule has 4 aromatic rings. The summed E-state index contributed by atoms with van der Waals surface area (Å²) in [4.78, 5) is 24.0. The minimum absolute atomic E-state index is 0.0708. The second-order valence-corrected chi connectivity index (χ2v) is 7.76. The van der Waals surface area contributed by atoms with Crippen LogP contribution in [0.15, 0.2) is 58.5 Å². The average Bonchev–Trinajstić information content (AvgIpc) is 3.21. The lowest BCUT2D eigenvalue weighted by Crippen LogP contribution is -2.24. The van der Waals surface area contributed by atoms with E-state index in [9.17, 15) is 14.9 Å². The van der Waals surface area contributed by atoms with Gasteiger partial charge in [-0.15, -0.1) is 10.2 Å². The van der Waals surface area contributed by atoms with E-state index in [0.717, 1.165) is 0 Å². The number of ether oxygens (including phenoxy) is 1. The van der Waals surface area contributed by atoms with Crippen molar-refractivity contribution in [3.8, 4) is 0 Å². The van der Waals surface area contributed by atoms with Gasteiger partial charge in [-0.05, 0) is 25.5 Å². The molecule has 0 aliphatic heterocycles. The van der Waals surface area contributed by atoms with Gasteiger partial charge in [0.25, 0.3) is 11.2 Å². The summed E-state index contributed by atoms with van der Waals surface area (Å²) in [5.41, 5.74) is 1.26. The fraction of sp³-hybridized carbons (Fsp3) is 0.286. The van der Waals surface area contributed by atoms with E-state index in [0.29, 0.717) is 59.3 Å². The Hall–Kier alpha value is -3.24. The second-order valence-electron chi connectivity index (χ2n) is 6.82. The van der Waals surface area contributed by atoms with Crippen molar-refractivity contribution in [1.29, 1.82) is 0 Å². The van der Waals surface area contributed by atoms with Crippen LogP contribution in [0.1, 0.15) is 18.9 Å². The minimum atomic E-state index is -0.386. The smallest absolute Gasteiger partial charge is 0.273 e. The van der Waals surface area contributed by atoms with Crippen molar-refractivity contribution in [2.75, 3.05) is 13.2 Å². The maximum Gasteiger partial charge on any atom is 0.273 e. The Morgan fingerprint density at radius 1 is 1.13 bits per heavy atom. The molecule has 0 bridgehead atoms. The molecule has 0 amide bonds. The summed E-state index contributed by atoms with van der Waals surface area (Å²) in [6.07, 6.45) is 0.674. The zero-order valence-corrected chi connectivity index (χ0v) is 17.7. The summed E-state index contributed by atoms with van der Waals surface area (Å²) < 4.78 is 8.86. The fourth-order valence-electron chi connectivity index (χ4n) is 3.45. The van der Waals surface area contributed by atoms with Gasteiger partial charge in [0.05, 0.1) is 15.8 Å². The van der Waals surface area contributed by atoms with Gasteiger partial charge >= 0.3 is 0 Å². The quantitative estimate of drug-likeness (QED) is 0.170. The molecule has 0 unspecified atom stereocenters. The number of fused-ring (bicyclic) bond motifs is 3. The van der Waals surface area contributed by atoms with E-state index >= 15 is 0 Å². The Morgan fingerprint density at radius 2 is 1.90 bits per heavy atom. The molecule has 9 nitrogen and oxygen atoms in total. The van der Waals surface area contributed by atoms with Crippen molar-refractivity contribution in [3.63, 3.8) is 0 Å². The van der Waals surface area contributed by atoms with Crippen molar-refractivity contribution in [1.82, 2.24) is 19.2 Å². The predicted octanol–water partition coefficient (Wildman–Crippen LogP) is 3.67. The third-order valence-electron chi connectivity index (χ3n) is 4.90. The molecule has 0 aliphatic rings. The Kier molecular flexibility index (Phi) is 6.28. The van der Waals surface area contributed by atoms with Crippen molar-refractivity contribution < 1.29 is 9.66 Å². The molecule has 4 rings (SSSR count). The molecular formula is C21H21N5O4S. The predicted molar refractivity (Wildman–Crippen MR) is 119 cm³/mol. The maximum atomic E-state index is 13.1. The van der Waals surface area contributed by atoms with Crippen LogP contribution < -0.4 is 5.56 Å². The highest BCUT2D eigenvalue weighted by Gasteiger charge is 2.18. The monoisotopic (exact) mass is 439 g/mol. The molecule has 0 N–H and O–H groups in total. The molecule has 0 aliphatic carbocycles. The molecule has 0 spiro atoms. The van der Waals surface area contributed by atoms with E-state index in [1.165, 1.54) is 17.8 Å². The standard InChI is InChI=1S/C21H21N5O4S/c1-2-30-13-7-12-24-19(27)16-9-4-6-11-18(16)25-20(24)22-23-21(25)31-14-15-8-3-5-10-17(15)26(28)29/h3-6,8-11H,2,7,12-14H2,1H3. The molecule has 0 saturated heterocycles. The molecule has 0 fully saturated rings. The van der Waals surface area contributed by atoms with Gasteiger partial charge in [-0.1, -0.05) is 42.1 Å². The lowest BCUT2D eigenvalue weighted by Gasteiger charge is -2.11. The van der Waals surface area contributed by atoms with Gasteiger partial charge in [-0.3, -0.25) is 23.9 Å². The lowest BCUT2D eigenvalue weighted by atomic mass is 10.2. The molecule has 2 aromatic heterocycles. The van der Waals surface area contributed by atoms with Crippen molar-refractivity contribution in [3.05, 3.63) is 74.6 Å². The first-order chi connectivity index (χ1) is 15.1. The zero-order valence-electron chi connectivity index (χ0n) is 16.9. The number of hydrogen-bond acceptors (Lipinski definition) is 7. The van der Waals surface area contributed by atoms with Gasteiger partial charge in [0, 0.05) is 37.1 Å². The number of nitrogens with zero attached hydrogens (tertiary/aromatic N) is 5. The van der Waals surface area contributed by atoms with Crippen molar-refractivity contribution in [2.24, 2.45) is 0 Å². The number of hydrogen-bond donors (Lipinski definition) is 0. The van der Waals surface area contributed by atoms with E-state index < -0.39 is 0 Å². The minimum Gasteiger partial charge on any atom is -0.382 e. The van der Waals surface area contributed by atoms with Crippen LogP contribution in [0.3, 0.4) is 0 Å². The summed E-state index contributed by atoms with van der Waals surface area (Å²) in [6.45, 7) is 3.56. The first-order valence-electron chi connectivity index (χ1n) is 9.91. The number of aryl methyl sites for hydroxylation is 1. The lowest BCUT2D eigenvalue weighted by molar-refractivity contribution is -0.385. The summed E-state index contributed by atoms with van der Waals surface area (Å²) in [5, 5.41) is 21.0. The van der Waals surface area contributed by atoms with Crippen LogP contribution in [-0.2, 0) is 17.0 Å². The first kappa shape index (κ1) is 21.0. The molecule has 31 heavy (non-hydrogen) atoms. The Balaban J connectivity index is 1.75. The number of para-hydroxylation sites is 2. The van der Waals surface area contributed by atoms with E-state index in [1.807, 2.05) is 29.5 Å². The number of benzene rings is 2. The number of nitro groups is 1. The van der Waals surface area contributed by atoms with Gasteiger partial charge < -0.3 is 4.74 Å². The van der Waals surface area contributed by atoms with Crippen molar-refractivity contribution in [2.45, 2.75) is 30.8 Å². The van der Waals surface area contributed by atoms with Crippen molar-refractivity contribution >= 4 is 34.1 Å². The highest BCUT2D eigenvalue weighted by Crippen LogP contribution is 2.28. The third kappa shape index (κ3) is 4.17. The van der Waals surface area contributed by atoms with Crippen LogP contribution in [0.2, 0.25) is 0 Å². The first-order valence-corrected chi connectivity index (χ1v) is 10.9. The average molecular weight is 439 g/mol. The van der Waals surface area contributed by atoms with Gasteiger partial charge in [-0.25, -0.2) is 0 Å². The molecule has 2 aromatic carbocycles. The zero-order chi connectivity index (χ0) is 21.8. The number of aromatic nitrogens is 4. The molecule has 2 heterocycles. The normalized spacial score (nSPS) is 11.4. The second kappa shape index (κ2) is 9.27. The maximum absolute atomic E-state index is 13.1. The molecular weight excluding hydrogens is 418 g/mol.